The Hall–Kier alpha value is -1.50. The zero-order valence-electron chi connectivity index (χ0n) is 12.7. The predicted molar refractivity (Wildman–Crippen MR) is 102 cm³/mol. The summed E-state index contributed by atoms with van der Waals surface area (Å²) in [6.45, 7) is 0. The van der Waals surface area contributed by atoms with E-state index in [-0.39, 0.29) is 0 Å². The second-order valence-corrected chi connectivity index (χ2v) is 6.93. The molecule has 3 nitrogen and oxygen atoms in total. The van der Waals surface area contributed by atoms with Gasteiger partial charge in [-0.25, -0.2) is 4.98 Å². The second-order valence-electron chi connectivity index (χ2n) is 4.77. The maximum absolute atomic E-state index is 4.50. The summed E-state index contributed by atoms with van der Waals surface area (Å²) in [5.41, 5.74) is 3.58. The molecule has 116 valence electrons. The van der Waals surface area contributed by atoms with Crippen LogP contribution in [0.1, 0.15) is 0 Å². The second kappa shape index (κ2) is 7.38. The van der Waals surface area contributed by atoms with Crippen molar-refractivity contribution in [2.24, 2.45) is 0 Å². The molecule has 0 amide bonds. The van der Waals surface area contributed by atoms with Crippen LogP contribution in [-0.2, 0) is 0 Å². The van der Waals surface area contributed by atoms with Crippen LogP contribution in [0, 0.1) is 0 Å². The van der Waals surface area contributed by atoms with Crippen LogP contribution in [0.15, 0.2) is 63.5 Å². The van der Waals surface area contributed by atoms with E-state index in [0.29, 0.717) is 5.16 Å². The van der Waals surface area contributed by atoms with Crippen LogP contribution < -0.4 is 0 Å². The van der Waals surface area contributed by atoms with Crippen molar-refractivity contribution in [1.82, 2.24) is 15.2 Å². The average Bonchev–Trinajstić information content (AvgIpc) is 2.62. The molecular formula is C17H15N3S3. The number of rotatable bonds is 4. The summed E-state index contributed by atoms with van der Waals surface area (Å²) in [6, 6.07) is 16.5. The number of aromatic nitrogens is 3. The molecule has 3 rings (SSSR count). The molecule has 0 aliphatic heterocycles. The van der Waals surface area contributed by atoms with Crippen molar-refractivity contribution in [3.8, 4) is 22.5 Å². The first-order chi connectivity index (χ1) is 11.2. The molecule has 0 aliphatic carbocycles. The zero-order valence-corrected chi connectivity index (χ0v) is 15.3. The third kappa shape index (κ3) is 3.71. The molecule has 0 saturated heterocycles. The smallest absolute Gasteiger partial charge is 0.206 e. The number of nitrogens with zero attached hydrogens (tertiary/aromatic N) is 3. The molecule has 0 atom stereocenters. The van der Waals surface area contributed by atoms with E-state index in [1.54, 1.807) is 23.5 Å². The molecule has 0 aliphatic rings. The zero-order chi connectivity index (χ0) is 16.2. The van der Waals surface area contributed by atoms with Crippen LogP contribution in [-0.4, -0.2) is 27.7 Å². The van der Waals surface area contributed by atoms with Crippen LogP contribution in [0.5, 0.6) is 0 Å². The van der Waals surface area contributed by atoms with Gasteiger partial charge in [-0.1, -0.05) is 24.3 Å². The number of thioether (sulfide) groups is 2. The van der Waals surface area contributed by atoms with Gasteiger partial charge in [-0.15, -0.1) is 46.3 Å². The van der Waals surface area contributed by atoms with E-state index >= 15 is 0 Å². The van der Waals surface area contributed by atoms with Gasteiger partial charge in [-0.2, -0.15) is 0 Å². The number of hydrogen-bond donors (Lipinski definition) is 1. The van der Waals surface area contributed by atoms with Crippen molar-refractivity contribution in [3.05, 3.63) is 48.5 Å². The summed E-state index contributed by atoms with van der Waals surface area (Å²) in [4.78, 5) is 6.93. The van der Waals surface area contributed by atoms with Crippen molar-refractivity contribution in [1.29, 1.82) is 0 Å². The van der Waals surface area contributed by atoms with Crippen molar-refractivity contribution < 1.29 is 0 Å². The first-order valence-electron chi connectivity index (χ1n) is 6.94. The molecule has 6 heteroatoms. The summed E-state index contributed by atoms with van der Waals surface area (Å²) in [7, 11) is 0. The van der Waals surface area contributed by atoms with Crippen LogP contribution >= 0.6 is 36.2 Å². The molecule has 23 heavy (non-hydrogen) atoms. The van der Waals surface area contributed by atoms with Gasteiger partial charge < -0.3 is 0 Å². The summed E-state index contributed by atoms with van der Waals surface area (Å²) >= 11 is 7.67. The fraction of sp³-hybridized carbons (Fsp3) is 0.118. The predicted octanol–water partition coefficient (Wildman–Crippen LogP) is 4.94. The highest BCUT2D eigenvalue weighted by molar-refractivity contribution is 7.98. The van der Waals surface area contributed by atoms with Gasteiger partial charge in [0.25, 0.3) is 0 Å². The Labute approximate surface area is 149 Å². The lowest BCUT2D eigenvalue weighted by atomic mass is 10.0. The standard InChI is InChI=1S/C17H15N3S3/c1-22-13-7-3-11(4-8-13)15-16(19-20-17(21)18-15)12-5-9-14(23-2)10-6-12/h3-10H,1-2H3,(H,18,20,21). The summed E-state index contributed by atoms with van der Waals surface area (Å²) in [5, 5.41) is 8.71. The Morgan fingerprint density at radius 2 is 1.17 bits per heavy atom. The van der Waals surface area contributed by atoms with Crippen LogP contribution in [0.3, 0.4) is 0 Å². The first-order valence-corrected chi connectivity index (χ1v) is 9.83. The third-order valence-electron chi connectivity index (χ3n) is 3.40. The molecule has 3 aromatic rings. The van der Waals surface area contributed by atoms with E-state index in [1.807, 2.05) is 0 Å². The van der Waals surface area contributed by atoms with Crippen molar-refractivity contribution >= 4 is 36.2 Å². The SMILES string of the molecule is CSc1ccc(-c2nnc(S)nc2-c2ccc(SC)cc2)cc1. The minimum Gasteiger partial charge on any atom is -0.219 e. The van der Waals surface area contributed by atoms with E-state index in [2.05, 4.69) is 88.9 Å². The van der Waals surface area contributed by atoms with Gasteiger partial charge in [0.2, 0.25) is 5.16 Å². The molecule has 1 aromatic heterocycles. The van der Waals surface area contributed by atoms with E-state index < -0.39 is 0 Å². The number of hydrogen-bond acceptors (Lipinski definition) is 6. The summed E-state index contributed by atoms with van der Waals surface area (Å²) < 4.78 is 0. The highest BCUT2D eigenvalue weighted by Gasteiger charge is 2.12. The van der Waals surface area contributed by atoms with Crippen LogP contribution in [0.25, 0.3) is 22.5 Å². The molecule has 0 spiro atoms. The van der Waals surface area contributed by atoms with E-state index in [4.69, 9.17) is 0 Å². The molecule has 0 fully saturated rings. The lowest BCUT2D eigenvalue weighted by Gasteiger charge is -2.09. The fourth-order valence-corrected chi connectivity index (χ4v) is 3.17. The molecule has 0 radical (unpaired) electrons. The van der Waals surface area contributed by atoms with Gasteiger partial charge in [0.15, 0.2) is 0 Å². The Morgan fingerprint density at radius 3 is 1.65 bits per heavy atom. The molecule has 0 saturated carbocycles. The monoisotopic (exact) mass is 357 g/mol. The highest BCUT2D eigenvalue weighted by Crippen LogP contribution is 2.31. The Balaban J connectivity index is 2.09. The number of thiol groups is 1. The largest absolute Gasteiger partial charge is 0.219 e. The maximum Gasteiger partial charge on any atom is 0.206 e. The van der Waals surface area contributed by atoms with Gasteiger partial charge in [0, 0.05) is 20.9 Å². The Bertz CT molecular complexity index is 802. The molecule has 1 heterocycles. The molecule has 0 bridgehead atoms. The normalized spacial score (nSPS) is 10.7. The van der Waals surface area contributed by atoms with Gasteiger partial charge in [0.05, 0.1) is 0 Å². The van der Waals surface area contributed by atoms with E-state index in [9.17, 15) is 0 Å². The third-order valence-corrected chi connectivity index (χ3v) is 5.08. The van der Waals surface area contributed by atoms with Gasteiger partial charge in [-0.3, -0.25) is 0 Å². The topological polar surface area (TPSA) is 38.7 Å². The van der Waals surface area contributed by atoms with Crippen molar-refractivity contribution in [3.63, 3.8) is 0 Å². The van der Waals surface area contributed by atoms with Gasteiger partial charge in [0.1, 0.15) is 11.4 Å². The van der Waals surface area contributed by atoms with Gasteiger partial charge >= 0.3 is 0 Å². The highest BCUT2D eigenvalue weighted by atomic mass is 32.2. The molecule has 0 unspecified atom stereocenters. The fourth-order valence-electron chi connectivity index (χ4n) is 2.21. The summed E-state index contributed by atoms with van der Waals surface area (Å²) in [6.07, 6.45) is 4.12. The summed E-state index contributed by atoms with van der Waals surface area (Å²) in [5.74, 6) is 0. The quantitative estimate of drug-likeness (QED) is 0.529. The maximum atomic E-state index is 4.50. The average molecular weight is 358 g/mol. The number of benzene rings is 2. The molecular weight excluding hydrogens is 342 g/mol. The van der Waals surface area contributed by atoms with Crippen LogP contribution in [0.4, 0.5) is 0 Å². The van der Waals surface area contributed by atoms with Crippen molar-refractivity contribution in [2.45, 2.75) is 14.9 Å². The lowest BCUT2D eigenvalue weighted by Crippen LogP contribution is -1.97. The minimum absolute atomic E-state index is 0.374. The minimum atomic E-state index is 0.374. The van der Waals surface area contributed by atoms with Gasteiger partial charge in [-0.05, 0) is 36.8 Å². The van der Waals surface area contributed by atoms with E-state index in [0.717, 1.165) is 22.5 Å². The molecule has 0 N–H and O–H groups in total. The lowest BCUT2D eigenvalue weighted by molar-refractivity contribution is 0.854. The molecule has 2 aromatic carbocycles. The Kier molecular flexibility index (Phi) is 5.25. The first kappa shape index (κ1) is 16.4. The Morgan fingerprint density at radius 1 is 0.696 bits per heavy atom. The van der Waals surface area contributed by atoms with Crippen molar-refractivity contribution in [2.75, 3.05) is 12.5 Å². The van der Waals surface area contributed by atoms with Crippen LogP contribution in [0.2, 0.25) is 0 Å². The van der Waals surface area contributed by atoms with E-state index in [1.165, 1.54) is 9.79 Å².